The Kier molecular flexibility index (Phi) is 4.98. The van der Waals surface area contributed by atoms with Crippen LogP contribution in [0.15, 0.2) is 66.8 Å². The van der Waals surface area contributed by atoms with Crippen molar-refractivity contribution in [1.29, 1.82) is 0 Å². The second-order valence-corrected chi connectivity index (χ2v) is 5.56. The number of ether oxygens (including phenoxy) is 1. The van der Waals surface area contributed by atoms with Crippen molar-refractivity contribution in [1.82, 2.24) is 5.43 Å². The molecule has 8 nitrogen and oxygen atoms in total. The van der Waals surface area contributed by atoms with Gasteiger partial charge < -0.3 is 4.74 Å². The van der Waals surface area contributed by atoms with E-state index in [1.807, 2.05) is 0 Å². The van der Waals surface area contributed by atoms with Gasteiger partial charge in [0.05, 0.1) is 10.6 Å². The van der Waals surface area contributed by atoms with Crippen LogP contribution in [0.25, 0.3) is 6.08 Å². The third-order valence-electron chi connectivity index (χ3n) is 3.75. The molecule has 1 saturated heterocycles. The maximum atomic E-state index is 12.6. The first-order valence-corrected chi connectivity index (χ1v) is 7.95. The molecule has 0 atom stereocenters. The summed E-state index contributed by atoms with van der Waals surface area (Å²) in [6.45, 7) is 3.61. The number of benzene rings is 2. The SMILES string of the molecule is C=CCOc1ccc(C=C2C(=O)NN(c3ccccc3)C2=O)cc1[N+](=O)[O-]. The lowest BCUT2D eigenvalue weighted by Gasteiger charge is -2.13. The van der Waals surface area contributed by atoms with Gasteiger partial charge in [0.15, 0.2) is 5.75 Å². The number of carbonyl (C=O) groups is 2. The Hall–Kier alpha value is -3.94. The van der Waals surface area contributed by atoms with E-state index < -0.39 is 16.7 Å². The molecular weight excluding hydrogens is 350 g/mol. The minimum atomic E-state index is -0.590. The number of nitro benzene ring substituents is 1. The van der Waals surface area contributed by atoms with E-state index in [1.54, 1.807) is 30.3 Å². The van der Waals surface area contributed by atoms with Gasteiger partial charge in [-0.3, -0.25) is 25.1 Å². The molecule has 2 aromatic carbocycles. The second-order valence-electron chi connectivity index (χ2n) is 5.56. The quantitative estimate of drug-likeness (QED) is 0.279. The van der Waals surface area contributed by atoms with Crippen molar-refractivity contribution in [2.24, 2.45) is 0 Å². The van der Waals surface area contributed by atoms with Gasteiger partial charge >= 0.3 is 5.69 Å². The molecule has 1 aliphatic rings. The van der Waals surface area contributed by atoms with Crippen molar-refractivity contribution in [3.63, 3.8) is 0 Å². The number of hydrogen-bond acceptors (Lipinski definition) is 5. The lowest BCUT2D eigenvalue weighted by molar-refractivity contribution is -0.385. The average Bonchev–Trinajstić information content (AvgIpc) is 2.95. The standard InChI is InChI=1S/C19H15N3O5/c1-2-10-27-17-9-8-13(12-16(17)22(25)26)11-15-18(23)20-21(19(15)24)14-6-4-3-5-7-14/h2-9,11-12H,1,10H2,(H,20,23). The van der Waals surface area contributed by atoms with Crippen LogP contribution in [0.1, 0.15) is 5.56 Å². The minimum absolute atomic E-state index is 0.0789. The monoisotopic (exact) mass is 365 g/mol. The van der Waals surface area contributed by atoms with E-state index in [2.05, 4.69) is 12.0 Å². The Bertz CT molecular complexity index is 953. The number of nitro groups is 1. The Morgan fingerprint density at radius 2 is 1.93 bits per heavy atom. The van der Waals surface area contributed by atoms with Gasteiger partial charge in [-0.05, 0) is 29.8 Å². The fourth-order valence-electron chi connectivity index (χ4n) is 2.52. The first-order chi connectivity index (χ1) is 13.0. The lowest BCUT2D eigenvalue weighted by atomic mass is 10.1. The highest BCUT2D eigenvalue weighted by Gasteiger charge is 2.34. The number of hydrogen-bond donors (Lipinski definition) is 1. The van der Waals surface area contributed by atoms with Crippen LogP contribution in [-0.2, 0) is 9.59 Å². The molecule has 27 heavy (non-hydrogen) atoms. The summed E-state index contributed by atoms with van der Waals surface area (Å²) in [6.07, 6.45) is 2.78. The smallest absolute Gasteiger partial charge is 0.311 e. The van der Waals surface area contributed by atoms with E-state index in [4.69, 9.17) is 4.74 Å². The Balaban J connectivity index is 1.93. The summed E-state index contributed by atoms with van der Waals surface area (Å²) in [4.78, 5) is 35.4. The highest BCUT2D eigenvalue weighted by molar-refractivity contribution is 6.31. The van der Waals surface area contributed by atoms with Crippen molar-refractivity contribution in [2.75, 3.05) is 11.6 Å². The minimum Gasteiger partial charge on any atom is -0.483 e. The molecule has 0 aliphatic carbocycles. The van der Waals surface area contributed by atoms with E-state index in [0.717, 1.165) is 5.01 Å². The molecule has 3 rings (SSSR count). The van der Waals surface area contributed by atoms with Crippen molar-refractivity contribution in [3.05, 3.63) is 82.4 Å². The summed E-state index contributed by atoms with van der Waals surface area (Å²) in [5.41, 5.74) is 2.94. The van der Waals surface area contributed by atoms with Gasteiger partial charge in [0.1, 0.15) is 12.2 Å². The average molecular weight is 365 g/mol. The van der Waals surface area contributed by atoms with E-state index in [9.17, 15) is 19.7 Å². The van der Waals surface area contributed by atoms with Crippen LogP contribution in [0.2, 0.25) is 0 Å². The van der Waals surface area contributed by atoms with Crippen molar-refractivity contribution >= 4 is 29.3 Å². The largest absolute Gasteiger partial charge is 0.483 e. The van der Waals surface area contributed by atoms with Gasteiger partial charge in [0, 0.05) is 6.07 Å². The molecule has 2 aromatic rings. The summed E-state index contributed by atoms with van der Waals surface area (Å²) in [7, 11) is 0. The van der Waals surface area contributed by atoms with E-state index in [-0.39, 0.29) is 23.6 Å². The third kappa shape index (κ3) is 3.69. The summed E-state index contributed by atoms with van der Waals surface area (Å²) in [5.74, 6) is -1.05. The number of nitrogens with one attached hydrogen (secondary N) is 1. The van der Waals surface area contributed by atoms with Crippen LogP contribution in [0.4, 0.5) is 11.4 Å². The van der Waals surface area contributed by atoms with Crippen LogP contribution < -0.4 is 15.2 Å². The first-order valence-electron chi connectivity index (χ1n) is 7.95. The summed E-state index contributed by atoms with van der Waals surface area (Å²) >= 11 is 0. The molecule has 136 valence electrons. The Morgan fingerprint density at radius 1 is 1.19 bits per heavy atom. The zero-order chi connectivity index (χ0) is 19.4. The predicted molar refractivity (Wildman–Crippen MR) is 98.8 cm³/mol. The molecule has 0 radical (unpaired) electrons. The number of rotatable bonds is 6. The number of hydrazine groups is 1. The van der Waals surface area contributed by atoms with Crippen LogP contribution in [0.3, 0.4) is 0 Å². The van der Waals surface area contributed by atoms with Crippen molar-refractivity contribution < 1.29 is 19.2 Å². The second kappa shape index (κ2) is 7.52. The molecular formula is C19H15N3O5. The maximum Gasteiger partial charge on any atom is 0.311 e. The Labute approximate surface area is 154 Å². The summed E-state index contributed by atoms with van der Waals surface area (Å²) in [6, 6.07) is 12.8. The van der Waals surface area contributed by atoms with Gasteiger partial charge in [-0.25, -0.2) is 5.01 Å². The highest BCUT2D eigenvalue weighted by Crippen LogP contribution is 2.29. The van der Waals surface area contributed by atoms with Gasteiger partial charge in [-0.15, -0.1) is 0 Å². The Morgan fingerprint density at radius 3 is 2.59 bits per heavy atom. The topological polar surface area (TPSA) is 102 Å². The number of para-hydroxylation sites is 1. The summed E-state index contributed by atoms with van der Waals surface area (Å²) < 4.78 is 5.25. The highest BCUT2D eigenvalue weighted by atomic mass is 16.6. The van der Waals surface area contributed by atoms with Crippen LogP contribution in [-0.4, -0.2) is 23.3 Å². The number of nitrogens with zero attached hydrogens (tertiary/aromatic N) is 2. The molecule has 1 N–H and O–H groups in total. The van der Waals surface area contributed by atoms with Crippen molar-refractivity contribution in [3.8, 4) is 5.75 Å². The van der Waals surface area contributed by atoms with Gasteiger partial charge in [0.25, 0.3) is 11.8 Å². The maximum absolute atomic E-state index is 12.6. The molecule has 0 saturated carbocycles. The lowest BCUT2D eigenvalue weighted by Crippen LogP contribution is -2.35. The molecule has 8 heteroatoms. The summed E-state index contributed by atoms with van der Waals surface area (Å²) in [5, 5.41) is 12.4. The zero-order valence-corrected chi connectivity index (χ0v) is 14.1. The van der Waals surface area contributed by atoms with Gasteiger partial charge in [-0.1, -0.05) is 36.9 Å². The van der Waals surface area contributed by atoms with Gasteiger partial charge in [-0.2, -0.15) is 0 Å². The molecule has 0 aromatic heterocycles. The molecule has 1 heterocycles. The number of carbonyl (C=O) groups excluding carboxylic acids is 2. The molecule has 0 bridgehead atoms. The van der Waals surface area contributed by atoms with Crippen molar-refractivity contribution in [2.45, 2.75) is 0 Å². The molecule has 0 spiro atoms. The normalized spacial score (nSPS) is 15.0. The molecule has 2 amide bonds. The molecule has 0 unspecified atom stereocenters. The third-order valence-corrected chi connectivity index (χ3v) is 3.75. The van der Waals surface area contributed by atoms with Crippen LogP contribution >= 0.6 is 0 Å². The fraction of sp³-hybridized carbons (Fsp3) is 0.0526. The zero-order valence-electron chi connectivity index (χ0n) is 14.1. The predicted octanol–water partition coefficient (Wildman–Crippen LogP) is 2.62. The molecule has 1 aliphatic heterocycles. The number of amides is 2. The molecule has 1 fully saturated rings. The van der Waals surface area contributed by atoms with Gasteiger partial charge in [0.2, 0.25) is 0 Å². The van der Waals surface area contributed by atoms with E-state index in [1.165, 1.54) is 30.4 Å². The van der Waals surface area contributed by atoms with Crippen LogP contribution in [0.5, 0.6) is 5.75 Å². The fourth-order valence-corrected chi connectivity index (χ4v) is 2.52. The number of anilines is 1. The van der Waals surface area contributed by atoms with E-state index >= 15 is 0 Å². The van der Waals surface area contributed by atoms with Crippen LogP contribution in [0, 0.1) is 10.1 Å². The van der Waals surface area contributed by atoms with E-state index in [0.29, 0.717) is 11.3 Å². The first kappa shape index (κ1) is 17.9.